The van der Waals surface area contributed by atoms with Crippen LogP contribution in [0.1, 0.15) is 13.3 Å². The van der Waals surface area contributed by atoms with Crippen molar-refractivity contribution in [3.63, 3.8) is 0 Å². The van der Waals surface area contributed by atoms with E-state index in [2.05, 4.69) is 5.32 Å². The summed E-state index contributed by atoms with van der Waals surface area (Å²) < 4.78 is 5.04. The third-order valence-electron chi connectivity index (χ3n) is 1.63. The van der Waals surface area contributed by atoms with Crippen LogP contribution < -0.4 is 10.1 Å². The third kappa shape index (κ3) is 2.47. The Labute approximate surface area is 77.7 Å². The van der Waals surface area contributed by atoms with E-state index >= 15 is 0 Å². The Morgan fingerprint density at radius 2 is 2.15 bits per heavy atom. The maximum absolute atomic E-state index is 11.0. The molecular formula is C10H12NO2. The van der Waals surface area contributed by atoms with E-state index in [-0.39, 0.29) is 5.91 Å². The number of rotatable bonds is 3. The van der Waals surface area contributed by atoms with Crippen LogP contribution in [0.15, 0.2) is 24.3 Å². The van der Waals surface area contributed by atoms with Crippen molar-refractivity contribution in [1.29, 1.82) is 0 Å². The minimum Gasteiger partial charge on any atom is -0.494 e. The van der Waals surface area contributed by atoms with Crippen LogP contribution in [0, 0.1) is 0 Å². The number of carbonyl (C=O) groups excluding carboxylic acids is 1. The zero-order valence-electron chi connectivity index (χ0n) is 7.78. The van der Waals surface area contributed by atoms with Crippen molar-refractivity contribution in [2.45, 2.75) is 13.3 Å². The van der Waals surface area contributed by atoms with E-state index in [1.807, 2.05) is 12.1 Å². The van der Waals surface area contributed by atoms with Gasteiger partial charge in [-0.1, -0.05) is 19.1 Å². The van der Waals surface area contributed by atoms with Crippen LogP contribution in [0.25, 0.3) is 0 Å². The predicted octanol–water partition coefficient (Wildman–Crippen LogP) is 1.87. The fourth-order valence-corrected chi connectivity index (χ4v) is 0.936. The number of hydrogen-bond donors (Lipinski definition) is 0. The highest BCUT2D eigenvalue weighted by Crippen LogP contribution is 2.23. The van der Waals surface area contributed by atoms with E-state index in [1.54, 1.807) is 26.2 Å². The molecule has 0 unspecified atom stereocenters. The summed E-state index contributed by atoms with van der Waals surface area (Å²) in [5.41, 5.74) is 0.594. The molecule has 3 nitrogen and oxygen atoms in total. The molecule has 0 bridgehead atoms. The second-order valence-electron chi connectivity index (χ2n) is 2.53. The van der Waals surface area contributed by atoms with E-state index < -0.39 is 0 Å². The summed E-state index contributed by atoms with van der Waals surface area (Å²) >= 11 is 0. The monoisotopic (exact) mass is 178 g/mol. The van der Waals surface area contributed by atoms with Gasteiger partial charge in [0, 0.05) is 6.42 Å². The Bertz CT molecular complexity index is 297. The van der Waals surface area contributed by atoms with Crippen molar-refractivity contribution in [2.24, 2.45) is 0 Å². The molecule has 0 aromatic heterocycles. The van der Waals surface area contributed by atoms with Gasteiger partial charge in [0.05, 0.1) is 7.11 Å². The number of hydrogen-bond acceptors (Lipinski definition) is 2. The largest absolute Gasteiger partial charge is 0.494 e. The van der Waals surface area contributed by atoms with E-state index in [1.165, 1.54) is 0 Å². The molecule has 0 saturated heterocycles. The Kier molecular flexibility index (Phi) is 3.31. The first-order chi connectivity index (χ1) is 6.27. The molecule has 3 heteroatoms. The van der Waals surface area contributed by atoms with E-state index in [4.69, 9.17) is 4.74 Å². The molecule has 1 rings (SSSR count). The highest BCUT2D eigenvalue weighted by Gasteiger charge is 2.06. The maximum Gasteiger partial charge on any atom is 0.246 e. The van der Waals surface area contributed by atoms with Gasteiger partial charge in [0.15, 0.2) is 0 Å². The summed E-state index contributed by atoms with van der Waals surface area (Å²) in [6.07, 6.45) is 0.415. The number of nitrogens with zero attached hydrogens (tertiary/aromatic N) is 1. The fourth-order valence-electron chi connectivity index (χ4n) is 0.936. The quantitative estimate of drug-likeness (QED) is 0.708. The Hall–Kier alpha value is -1.51. The van der Waals surface area contributed by atoms with Gasteiger partial charge in [0.2, 0.25) is 5.91 Å². The lowest BCUT2D eigenvalue weighted by Crippen LogP contribution is -2.08. The topological polar surface area (TPSA) is 40.4 Å². The standard InChI is InChI=1S/C10H12NO2/c1-3-10(12)11-8-6-4-5-7-9(8)13-2/h4-7H,3H2,1-2H3. The molecule has 0 saturated carbocycles. The van der Waals surface area contributed by atoms with Gasteiger partial charge in [-0.15, -0.1) is 0 Å². The van der Waals surface area contributed by atoms with Gasteiger partial charge in [-0.05, 0) is 12.1 Å². The minimum atomic E-state index is -0.135. The summed E-state index contributed by atoms with van der Waals surface area (Å²) in [5, 5.41) is 3.88. The van der Waals surface area contributed by atoms with Gasteiger partial charge in [-0.2, -0.15) is 0 Å². The van der Waals surface area contributed by atoms with E-state index in [0.29, 0.717) is 17.9 Å². The zero-order valence-corrected chi connectivity index (χ0v) is 7.78. The van der Waals surface area contributed by atoms with Gasteiger partial charge in [-0.25, -0.2) is 5.32 Å². The van der Waals surface area contributed by atoms with Crippen LogP contribution in [0.3, 0.4) is 0 Å². The summed E-state index contributed by atoms with van der Waals surface area (Å²) in [7, 11) is 1.56. The van der Waals surface area contributed by atoms with Crippen LogP contribution in [0.4, 0.5) is 5.69 Å². The average molecular weight is 178 g/mol. The lowest BCUT2D eigenvalue weighted by molar-refractivity contribution is -0.119. The SMILES string of the molecule is CCC(=O)[N]c1ccccc1OC. The fraction of sp³-hybridized carbons (Fsp3) is 0.300. The average Bonchev–Trinajstić information content (AvgIpc) is 2.18. The van der Waals surface area contributed by atoms with Gasteiger partial charge >= 0.3 is 0 Å². The van der Waals surface area contributed by atoms with Crippen molar-refractivity contribution >= 4 is 11.6 Å². The number of carbonyl (C=O) groups is 1. The number of amides is 1. The van der Waals surface area contributed by atoms with Crippen molar-refractivity contribution in [3.05, 3.63) is 24.3 Å². The summed E-state index contributed by atoms with van der Waals surface area (Å²) in [6.45, 7) is 1.78. The Morgan fingerprint density at radius 1 is 1.46 bits per heavy atom. The maximum atomic E-state index is 11.0. The van der Waals surface area contributed by atoms with Crippen molar-refractivity contribution in [3.8, 4) is 5.75 Å². The summed E-state index contributed by atoms with van der Waals surface area (Å²) in [5.74, 6) is 0.494. The molecule has 0 heterocycles. The lowest BCUT2D eigenvalue weighted by Gasteiger charge is -2.05. The molecule has 1 aromatic carbocycles. The van der Waals surface area contributed by atoms with Crippen LogP contribution in [-0.2, 0) is 4.79 Å². The van der Waals surface area contributed by atoms with Crippen LogP contribution in [0.5, 0.6) is 5.75 Å². The molecule has 0 aliphatic heterocycles. The molecule has 0 aliphatic rings. The predicted molar refractivity (Wildman–Crippen MR) is 50.1 cm³/mol. The van der Waals surface area contributed by atoms with Crippen molar-refractivity contribution in [2.75, 3.05) is 7.11 Å². The molecule has 1 aromatic rings. The first-order valence-corrected chi connectivity index (χ1v) is 4.15. The van der Waals surface area contributed by atoms with Crippen molar-refractivity contribution < 1.29 is 9.53 Å². The number of ether oxygens (including phenoxy) is 1. The summed E-state index contributed by atoms with van der Waals surface area (Å²) in [6, 6.07) is 7.20. The molecule has 0 N–H and O–H groups in total. The molecule has 13 heavy (non-hydrogen) atoms. The second-order valence-corrected chi connectivity index (χ2v) is 2.53. The van der Waals surface area contributed by atoms with E-state index in [0.717, 1.165) is 0 Å². The first-order valence-electron chi connectivity index (χ1n) is 4.15. The molecule has 0 atom stereocenters. The van der Waals surface area contributed by atoms with Gasteiger partial charge < -0.3 is 4.74 Å². The Balaban J connectivity index is 2.81. The minimum absolute atomic E-state index is 0.135. The van der Waals surface area contributed by atoms with E-state index in [9.17, 15) is 4.79 Å². The smallest absolute Gasteiger partial charge is 0.246 e. The number of para-hydroxylation sites is 2. The molecule has 0 spiro atoms. The van der Waals surface area contributed by atoms with Crippen LogP contribution >= 0.6 is 0 Å². The highest BCUT2D eigenvalue weighted by molar-refractivity contribution is 5.81. The number of methoxy groups -OCH3 is 1. The normalized spacial score (nSPS) is 9.38. The molecular weight excluding hydrogens is 166 g/mol. The zero-order chi connectivity index (χ0) is 9.68. The first kappa shape index (κ1) is 9.58. The highest BCUT2D eigenvalue weighted by atomic mass is 16.5. The molecule has 1 amide bonds. The number of benzene rings is 1. The molecule has 0 aliphatic carbocycles. The van der Waals surface area contributed by atoms with Crippen LogP contribution in [0.2, 0.25) is 0 Å². The van der Waals surface area contributed by atoms with Gasteiger partial charge in [0.1, 0.15) is 11.4 Å². The molecule has 0 fully saturated rings. The second kappa shape index (κ2) is 4.50. The Morgan fingerprint density at radius 3 is 2.77 bits per heavy atom. The third-order valence-corrected chi connectivity index (χ3v) is 1.63. The van der Waals surface area contributed by atoms with Crippen molar-refractivity contribution in [1.82, 2.24) is 5.32 Å². The van der Waals surface area contributed by atoms with Gasteiger partial charge in [0.25, 0.3) is 0 Å². The molecule has 69 valence electrons. The molecule has 1 radical (unpaired) electrons. The summed E-state index contributed by atoms with van der Waals surface area (Å²) in [4.78, 5) is 11.0. The van der Waals surface area contributed by atoms with Gasteiger partial charge in [-0.3, -0.25) is 4.79 Å². The lowest BCUT2D eigenvalue weighted by atomic mass is 10.3. The van der Waals surface area contributed by atoms with Crippen LogP contribution in [-0.4, -0.2) is 13.0 Å².